The minimum absolute atomic E-state index is 0.0921. The number of hydrazone groups is 1. The molecule has 2 aliphatic carbocycles. The monoisotopic (exact) mass is 336 g/mol. The van der Waals surface area contributed by atoms with E-state index in [1.54, 1.807) is 26.2 Å². The lowest BCUT2D eigenvalue weighted by Crippen LogP contribution is -2.39. The number of rotatable bonds is 4. The van der Waals surface area contributed by atoms with Crippen LogP contribution >= 0.6 is 0 Å². The Morgan fingerprint density at radius 1 is 1.04 bits per heavy atom. The van der Waals surface area contributed by atoms with Crippen molar-refractivity contribution in [3.63, 3.8) is 0 Å². The first-order valence-corrected chi connectivity index (χ1v) is 9.56. The largest absolute Gasteiger partial charge is 0.379 e. The normalized spacial score (nSPS) is 35.1. The number of nitrogens with zero attached hydrogens (tertiary/aromatic N) is 2. The van der Waals surface area contributed by atoms with Gasteiger partial charge in [-0.15, -0.1) is 0 Å². The maximum absolute atomic E-state index is 12.1. The van der Waals surface area contributed by atoms with E-state index in [0.29, 0.717) is 17.9 Å². The van der Waals surface area contributed by atoms with Crippen LogP contribution in [0.4, 0.5) is 0 Å². The summed E-state index contributed by atoms with van der Waals surface area (Å²) in [6, 6.07) is 0.291. The second kappa shape index (κ2) is 7.96. The molecular weight excluding hydrogens is 304 g/mol. The molecule has 0 spiro atoms. The summed E-state index contributed by atoms with van der Waals surface area (Å²) in [6.45, 7) is 1.65. The lowest BCUT2D eigenvalue weighted by molar-refractivity contribution is -0.131. The van der Waals surface area contributed by atoms with Crippen molar-refractivity contribution in [2.24, 2.45) is 16.9 Å². The zero-order chi connectivity index (χ0) is 17.1. The van der Waals surface area contributed by atoms with Crippen LogP contribution in [0.25, 0.3) is 0 Å². The molecule has 0 aromatic heterocycles. The Hall–Kier alpha value is -0.940. The number of hydrogen-bond donors (Lipinski definition) is 0. The standard InChI is InChI=1S/C19H32N2O3/c1-13(22)21-17(14-7-5-4-6-8-14)12-16(20-21)15-9-10-18(23-2)19(11-15)24-3/h14-15,17-19H,4-12H2,1-3H3. The fraction of sp³-hybridized carbons (Fsp3) is 0.895. The van der Waals surface area contributed by atoms with Crippen LogP contribution in [-0.2, 0) is 14.3 Å². The highest BCUT2D eigenvalue weighted by atomic mass is 16.5. The molecule has 0 saturated heterocycles. The highest BCUT2D eigenvalue weighted by Gasteiger charge is 2.40. The lowest BCUT2D eigenvalue weighted by Gasteiger charge is -2.34. The summed E-state index contributed by atoms with van der Waals surface area (Å²) in [7, 11) is 3.53. The predicted molar refractivity (Wildman–Crippen MR) is 93.9 cm³/mol. The highest BCUT2D eigenvalue weighted by molar-refractivity contribution is 5.91. The van der Waals surface area contributed by atoms with Crippen molar-refractivity contribution in [2.75, 3.05) is 14.2 Å². The topological polar surface area (TPSA) is 51.1 Å². The highest BCUT2D eigenvalue weighted by Crippen LogP contribution is 2.38. The Bertz CT molecular complexity index is 473. The van der Waals surface area contributed by atoms with E-state index < -0.39 is 0 Å². The van der Waals surface area contributed by atoms with Crippen LogP contribution in [0.2, 0.25) is 0 Å². The van der Waals surface area contributed by atoms with Gasteiger partial charge in [0.15, 0.2) is 0 Å². The van der Waals surface area contributed by atoms with E-state index in [1.165, 1.54) is 37.8 Å². The van der Waals surface area contributed by atoms with Crippen LogP contribution in [0.5, 0.6) is 0 Å². The van der Waals surface area contributed by atoms with Gasteiger partial charge in [-0.2, -0.15) is 5.10 Å². The predicted octanol–water partition coefficient (Wildman–Crippen LogP) is 3.37. The van der Waals surface area contributed by atoms with Crippen LogP contribution in [0.3, 0.4) is 0 Å². The molecule has 136 valence electrons. The third-order valence-corrected chi connectivity index (χ3v) is 6.29. The van der Waals surface area contributed by atoms with Gasteiger partial charge in [0.25, 0.3) is 0 Å². The first-order chi connectivity index (χ1) is 11.6. The van der Waals surface area contributed by atoms with Crippen LogP contribution in [0, 0.1) is 11.8 Å². The molecule has 0 radical (unpaired) electrons. The summed E-state index contributed by atoms with van der Waals surface area (Å²) < 4.78 is 11.2. The van der Waals surface area contributed by atoms with E-state index in [-0.39, 0.29) is 18.1 Å². The second-order valence-corrected chi connectivity index (χ2v) is 7.68. The first kappa shape index (κ1) is 17.9. The maximum atomic E-state index is 12.1. The molecule has 24 heavy (non-hydrogen) atoms. The fourth-order valence-corrected chi connectivity index (χ4v) is 4.91. The minimum Gasteiger partial charge on any atom is -0.379 e. The van der Waals surface area contributed by atoms with Crippen LogP contribution in [-0.4, -0.2) is 49.1 Å². The fourth-order valence-electron chi connectivity index (χ4n) is 4.91. The molecule has 4 unspecified atom stereocenters. The quantitative estimate of drug-likeness (QED) is 0.791. The van der Waals surface area contributed by atoms with Gasteiger partial charge in [-0.25, -0.2) is 5.01 Å². The van der Waals surface area contributed by atoms with Gasteiger partial charge in [0.05, 0.1) is 18.2 Å². The Balaban J connectivity index is 1.69. The maximum Gasteiger partial charge on any atom is 0.239 e. The summed E-state index contributed by atoms with van der Waals surface area (Å²) in [4.78, 5) is 12.1. The lowest BCUT2D eigenvalue weighted by atomic mass is 9.77. The third-order valence-electron chi connectivity index (χ3n) is 6.29. The van der Waals surface area contributed by atoms with Gasteiger partial charge in [0.1, 0.15) is 0 Å². The molecule has 0 aromatic rings. The molecule has 1 aliphatic heterocycles. The van der Waals surface area contributed by atoms with E-state index in [9.17, 15) is 4.79 Å². The van der Waals surface area contributed by atoms with Crippen LogP contribution < -0.4 is 0 Å². The molecule has 3 rings (SSSR count). The van der Waals surface area contributed by atoms with E-state index in [1.807, 2.05) is 0 Å². The SMILES string of the molecule is COC1CCC(C2=NN(C(C)=O)C(C3CCCCC3)C2)CC1OC. The van der Waals surface area contributed by atoms with Gasteiger partial charge in [-0.3, -0.25) is 4.79 Å². The van der Waals surface area contributed by atoms with Crippen LogP contribution in [0.15, 0.2) is 5.10 Å². The average Bonchev–Trinajstić information content (AvgIpc) is 3.07. The number of carbonyl (C=O) groups excluding carboxylic acids is 1. The number of carbonyl (C=O) groups is 1. The molecule has 4 atom stereocenters. The molecule has 0 aromatic carbocycles. The van der Waals surface area contributed by atoms with E-state index in [2.05, 4.69) is 0 Å². The number of ether oxygens (including phenoxy) is 2. The Labute approximate surface area is 145 Å². The van der Waals surface area contributed by atoms with Crippen molar-refractivity contribution in [1.29, 1.82) is 0 Å². The van der Waals surface area contributed by atoms with Gasteiger partial charge in [0, 0.05) is 39.2 Å². The molecular formula is C19H32N2O3. The van der Waals surface area contributed by atoms with Crippen molar-refractivity contribution in [2.45, 2.75) is 83.0 Å². The second-order valence-electron chi connectivity index (χ2n) is 7.68. The Kier molecular flexibility index (Phi) is 5.93. The molecule has 2 saturated carbocycles. The zero-order valence-electron chi connectivity index (χ0n) is 15.4. The summed E-state index contributed by atoms with van der Waals surface area (Å²) in [5, 5.41) is 6.59. The first-order valence-electron chi connectivity index (χ1n) is 9.56. The molecule has 2 fully saturated rings. The average molecular weight is 336 g/mol. The summed E-state index contributed by atoms with van der Waals surface area (Å²) in [5.41, 5.74) is 1.22. The van der Waals surface area contributed by atoms with Crippen molar-refractivity contribution in [3.8, 4) is 0 Å². The zero-order valence-corrected chi connectivity index (χ0v) is 15.4. The van der Waals surface area contributed by atoms with Gasteiger partial charge in [-0.05, 0) is 38.0 Å². The molecule has 5 nitrogen and oxygen atoms in total. The van der Waals surface area contributed by atoms with Crippen molar-refractivity contribution >= 4 is 11.6 Å². The molecule has 1 amide bonds. The number of amides is 1. The molecule has 3 aliphatic rings. The minimum atomic E-state index is 0.0921. The van der Waals surface area contributed by atoms with E-state index in [4.69, 9.17) is 14.6 Å². The number of methoxy groups -OCH3 is 2. The molecule has 5 heteroatoms. The molecule has 1 heterocycles. The summed E-state index contributed by atoms with van der Waals surface area (Å²) >= 11 is 0. The van der Waals surface area contributed by atoms with Crippen LogP contribution in [0.1, 0.15) is 64.7 Å². The summed E-state index contributed by atoms with van der Waals surface area (Å²) in [5.74, 6) is 1.14. The Morgan fingerprint density at radius 2 is 1.75 bits per heavy atom. The molecule has 0 N–H and O–H groups in total. The number of hydrogen-bond acceptors (Lipinski definition) is 4. The van der Waals surface area contributed by atoms with E-state index >= 15 is 0 Å². The smallest absolute Gasteiger partial charge is 0.239 e. The van der Waals surface area contributed by atoms with Gasteiger partial charge < -0.3 is 9.47 Å². The third kappa shape index (κ3) is 3.67. The summed E-state index contributed by atoms with van der Waals surface area (Å²) in [6.07, 6.45) is 10.8. The Morgan fingerprint density at radius 3 is 2.38 bits per heavy atom. The van der Waals surface area contributed by atoms with Crippen molar-refractivity contribution in [1.82, 2.24) is 5.01 Å². The van der Waals surface area contributed by atoms with Crippen molar-refractivity contribution < 1.29 is 14.3 Å². The van der Waals surface area contributed by atoms with Gasteiger partial charge >= 0.3 is 0 Å². The van der Waals surface area contributed by atoms with Crippen molar-refractivity contribution in [3.05, 3.63) is 0 Å². The van der Waals surface area contributed by atoms with E-state index in [0.717, 1.165) is 25.7 Å². The van der Waals surface area contributed by atoms with Gasteiger partial charge in [-0.1, -0.05) is 19.3 Å². The van der Waals surface area contributed by atoms with Gasteiger partial charge in [0.2, 0.25) is 5.91 Å². The molecule has 0 bridgehead atoms.